The number of benzene rings is 2. The third-order valence-corrected chi connectivity index (χ3v) is 7.67. The Morgan fingerprint density at radius 3 is 2.57 bits per heavy atom. The third kappa shape index (κ3) is 5.76. The summed E-state index contributed by atoms with van der Waals surface area (Å²) >= 11 is 0. The monoisotopic (exact) mass is 499 g/mol. The highest BCUT2D eigenvalue weighted by atomic mass is 32.2. The van der Waals surface area contributed by atoms with Gasteiger partial charge in [0.15, 0.2) is 0 Å². The number of hydrogen-bond donors (Lipinski definition) is 1. The zero-order valence-electron chi connectivity index (χ0n) is 20.5. The number of amides is 1. The summed E-state index contributed by atoms with van der Waals surface area (Å²) in [6.07, 6.45) is 0.587. The number of unbranched alkanes of at least 4 members (excludes halogenated alkanes) is 1. The number of anilines is 1. The first-order valence-corrected chi connectivity index (χ1v) is 13.4. The Labute approximate surface area is 206 Å². The fraction of sp³-hybridized carbons (Fsp3) is 0.440. The van der Waals surface area contributed by atoms with E-state index in [1.165, 1.54) is 0 Å². The molecule has 1 amide bonds. The SMILES string of the molecule is CCCCOC(=O)NS(=O)(=O)c1ccc(C)cc1N1CCN(Cc2nc3ccccc3n2C)CC1. The molecule has 9 nitrogen and oxygen atoms in total. The van der Waals surface area contributed by atoms with Gasteiger partial charge in [0.25, 0.3) is 10.0 Å². The molecule has 0 aliphatic carbocycles. The van der Waals surface area contributed by atoms with E-state index in [4.69, 9.17) is 9.72 Å². The Morgan fingerprint density at radius 2 is 1.86 bits per heavy atom. The molecule has 2 aromatic carbocycles. The first kappa shape index (κ1) is 25.0. The fourth-order valence-electron chi connectivity index (χ4n) is 4.29. The van der Waals surface area contributed by atoms with Crippen molar-refractivity contribution in [2.75, 3.05) is 37.7 Å². The minimum absolute atomic E-state index is 0.0827. The molecule has 1 aliphatic rings. The molecule has 1 fully saturated rings. The van der Waals surface area contributed by atoms with Crippen molar-refractivity contribution in [2.45, 2.75) is 38.1 Å². The molecule has 10 heteroatoms. The summed E-state index contributed by atoms with van der Waals surface area (Å²) in [6.45, 7) is 7.67. The standard InChI is InChI=1S/C25H33N5O4S/c1-4-5-16-34-25(31)27-35(32,33)23-11-10-19(2)17-22(23)30-14-12-29(13-15-30)18-24-26-20-8-6-7-9-21(20)28(24)3/h6-11,17H,4-5,12-16,18H2,1-3H3,(H,27,31). The first-order chi connectivity index (χ1) is 16.8. The molecule has 0 radical (unpaired) electrons. The maximum absolute atomic E-state index is 13.0. The molecule has 1 N–H and O–H groups in total. The lowest BCUT2D eigenvalue weighted by molar-refractivity contribution is 0.151. The van der Waals surface area contributed by atoms with Crippen LogP contribution in [-0.4, -0.2) is 61.7 Å². The normalized spacial score (nSPS) is 14.9. The molecule has 3 aromatic rings. The lowest BCUT2D eigenvalue weighted by Crippen LogP contribution is -2.47. The molecule has 0 spiro atoms. The van der Waals surface area contributed by atoms with Gasteiger partial charge in [-0.1, -0.05) is 31.5 Å². The molecule has 1 aliphatic heterocycles. The Morgan fingerprint density at radius 1 is 1.11 bits per heavy atom. The van der Waals surface area contributed by atoms with E-state index < -0.39 is 16.1 Å². The van der Waals surface area contributed by atoms with Gasteiger partial charge in [0.2, 0.25) is 0 Å². The number of aromatic nitrogens is 2. The highest BCUT2D eigenvalue weighted by Crippen LogP contribution is 2.28. The van der Waals surface area contributed by atoms with Gasteiger partial charge in [0.1, 0.15) is 10.7 Å². The summed E-state index contributed by atoms with van der Waals surface area (Å²) in [7, 11) is -2.04. The lowest BCUT2D eigenvalue weighted by Gasteiger charge is -2.36. The van der Waals surface area contributed by atoms with Crippen LogP contribution in [0, 0.1) is 6.92 Å². The molecule has 2 heterocycles. The lowest BCUT2D eigenvalue weighted by atomic mass is 10.2. The second kappa shape index (κ2) is 10.7. The molecule has 0 atom stereocenters. The van der Waals surface area contributed by atoms with Gasteiger partial charge in [0, 0.05) is 33.2 Å². The molecule has 0 bridgehead atoms. The van der Waals surface area contributed by atoms with Crippen LogP contribution in [0.15, 0.2) is 47.4 Å². The van der Waals surface area contributed by atoms with Crippen LogP contribution < -0.4 is 9.62 Å². The van der Waals surface area contributed by atoms with Crippen molar-refractivity contribution in [3.05, 3.63) is 53.9 Å². The summed E-state index contributed by atoms with van der Waals surface area (Å²) in [5.74, 6) is 1.00. The number of para-hydroxylation sites is 2. The van der Waals surface area contributed by atoms with Crippen LogP contribution in [0.3, 0.4) is 0 Å². The van der Waals surface area contributed by atoms with Gasteiger partial charge < -0.3 is 14.2 Å². The highest BCUT2D eigenvalue weighted by molar-refractivity contribution is 7.90. The number of piperazine rings is 1. The van der Waals surface area contributed by atoms with Gasteiger partial charge >= 0.3 is 6.09 Å². The van der Waals surface area contributed by atoms with Gasteiger partial charge in [-0.2, -0.15) is 0 Å². The van der Waals surface area contributed by atoms with Gasteiger partial charge in [-0.25, -0.2) is 22.9 Å². The minimum atomic E-state index is -4.07. The summed E-state index contributed by atoms with van der Waals surface area (Å²) in [5, 5.41) is 0. The predicted octanol–water partition coefficient (Wildman–Crippen LogP) is 3.42. The molecule has 0 unspecified atom stereocenters. The maximum Gasteiger partial charge on any atom is 0.421 e. The summed E-state index contributed by atoms with van der Waals surface area (Å²) < 4.78 is 35.2. The van der Waals surface area contributed by atoms with Crippen molar-refractivity contribution in [1.82, 2.24) is 19.2 Å². The van der Waals surface area contributed by atoms with E-state index in [1.54, 1.807) is 12.1 Å². The molecule has 1 aromatic heterocycles. The number of ether oxygens (including phenoxy) is 1. The van der Waals surface area contributed by atoms with Crippen LogP contribution >= 0.6 is 0 Å². The van der Waals surface area contributed by atoms with Crippen LogP contribution in [0.25, 0.3) is 11.0 Å². The maximum atomic E-state index is 13.0. The number of nitrogens with zero attached hydrogens (tertiary/aromatic N) is 4. The Balaban J connectivity index is 1.45. The van der Waals surface area contributed by atoms with Gasteiger partial charge in [0.05, 0.1) is 29.9 Å². The van der Waals surface area contributed by atoms with Crippen LogP contribution in [0.2, 0.25) is 0 Å². The number of carbonyl (C=O) groups is 1. The van der Waals surface area contributed by atoms with Crippen molar-refractivity contribution in [3.8, 4) is 0 Å². The molecule has 4 rings (SSSR count). The minimum Gasteiger partial charge on any atom is -0.449 e. The highest BCUT2D eigenvalue weighted by Gasteiger charge is 2.27. The number of carbonyl (C=O) groups excluding carboxylic acids is 1. The van der Waals surface area contributed by atoms with Crippen molar-refractivity contribution >= 4 is 32.8 Å². The number of sulfonamides is 1. The average molecular weight is 500 g/mol. The van der Waals surface area contributed by atoms with E-state index in [1.807, 2.05) is 45.2 Å². The number of rotatable bonds is 8. The van der Waals surface area contributed by atoms with Gasteiger partial charge in [-0.3, -0.25) is 4.90 Å². The number of imidazole rings is 1. The first-order valence-electron chi connectivity index (χ1n) is 12.0. The van der Waals surface area contributed by atoms with E-state index in [0.717, 1.165) is 48.5 Å². The Bertz CT molecular complexity index is 1300. The zero-order valence-corrected chi connectivity index (χ0v) is 21.3. The number of hydrogen-bond acceptors (Lipinski definition) is 7. The number of aryl methyl sites for hydroxylation is 2. The topological polar surface area (TPSA) is 96.8 Å². The number of fused-ring (bicyclic) bond motifs is 1. The molecular formula is C25H33N5O4S. The van der Waals surface area contributed by atoms with Gasteiger partial charge in [-0.05, 0) is 43.2 Å². The second-order valence-electron chi connectivity index (χ2n) is 8.91. The van der Waals surface area contributed by atoms with Crippen molar-refractivity contribution in [1.29, 1.82) is 0 Å². The van der Waals surface area contributed by atoms with E-state index in [9.17, 15) is 13.2 Å². The average Bonchev–Trinajstić information content (AvgIpc) is 3.14. The third-order valence-electron chi connectivity index (χ3n) is 6.31. The smallest absolute Gasteiger partial charge is 0.421 e. The fourth-order valence-corrected chi connectivity index (χ4v) is 5.39. The summed E-state index contributed by atoms with van der Waals surface area (Å²) in [5.41, 5.74) is 3.64. The quantitative estimate of drug-likeness (QED) is 0.475. The van der Waals surface area contributed by atoms with Crippen LogP contribution in [-0.2, 0) is 28.4 Å². The Kier molecular flexibility index (Phi) is 7.61. The van der Waals surface area contributed by atoms with E-state index in [2.05, 4.69) is 25.2 Å². The van der Waals surface area contributed by atoms with Crippen LogP contribution in [0.4, 0.5) is 10.5 Å². The zero-order chi connectivity index (χ0) is 25.0. The Hall–Kier alpha value is -3.11. The summed E-state index contributed by atoms with van der Waals surface area (Å²) in [6, 6.07) is 13.2. The molecule has 35 heavy (non-hydrogen) atoms. The molecule has 0 saturated carbocycles. The van der Waals surface area contributed by atoms with E-state index in [-0.39, 0.29) is 11.5 Å². The largest absolute Gasteiger partial charge is 0.449 e. The van der Waals surface area contributed by atoms with Gasteiger partial charge in [-0.15, -0.1) is 0 Å². The summed E-state index contributed by atoms with van der Waals surface area (Å²) in [4.78, 5) is 21.3. The van der Waals surface area contributed by atoms with Crippen molar-refractivity contribution in [2.24, 2.45) is 7.05 Å². The second-order valence-corrected chi connectivity index (χ2v) is 10.6. The van der Waals surface area contributed by atoms with Crippen molar-refractivity contribution < 1.29 is 17.9 Å². The molecular weight excluding hydrogens is 466 g/mol. The van der Waals surface area contributed by atoms with E-state index in [0.29, 0.717) is 25.2 Å². The van der Waals surface area contributed by atoms with Crippen LogP contribution in [0.5, 0.6) is 0 Å². The van der Waals surface area contributed by atoms with Crippen molar-refractivity contribution in [3.63, 3.8) is 0 Å². The predicted molar refractivity (Wildman–Crippen MR) is 136 cm³/mol. The molecule has 188 valence electrons. The number of nitrogens with one attached hydrogen (secondary N) is 1. The van der Waals surface area contributed by atoms with E-state index >= 15 is 0 Å². The van der Waals surface area contributed by atoms with Crippen LogP contribution in [0.1, 0.15) is 31.2 Å². The molecule has 1 saturated heterocycles.